The minimum Gasteiger partial charge on any atom is -0.471 e. The number of aromatic nitrogens is 2. The topological polar surface area (TPSA) is 105 Å². The first kappa shape index (κ1) is 17.7. The van der Waals surface area contributed by atoms with Gasteiger partial charge in [-0.15, -0.1) is 0 Å². The maximum absolute atomic E-state index is 8.97. The Kier molecular flexibility index (Phi) is 4.96. The molecule has 0 aliphatic carbocycles. The molecule has 132 valence electrons. The lowest BCUT2D eigenvalue weighted by Gasteiger charge is -2.35. The van der Waals surface area contributed by atoms with E-state index in [9.17, 15) is 0 Å². The van der Waals surface area contributed by atoms with Crippen LogP contribution in [-0.2, 0) is 10.3 Å². The van der Waals surface area contributed by atoms with Crippen LogP contribution in [0.5, 0.6) is 5.88 Å². The fourth-order valence-electron chi connectivity index (χ4n) is 2.89. The van der Waals surface area contributed by atoms with Gasteiger partial charge in [-0.25, -0.2) is 9.97 Å². The van der Waals surface area contributed by atoms with Crippen LogP contribution in [0.15, 0.2) is 23.6 Å². The molecule has 25 heavy (non-hydrogen) atoms. The fourth-order valence-corrected chi connectivity index (χ4v) is 3.04. The van der Waals surface area contributed by atoms with E-state index in [2.05, 4.69) is 32.2 Å². The van der Waals surface area contributed by atoms with Gasteiger partial charge in [-0.05, 0) is 36.4 Å². The Morgan fingerprint density at radius 3 is 2.84 bits per heavy atom. The van der Waals surface area contributed by atoms with Crippen LogP contribution in [0.3, 0.4) is 0 Å². The van der Waals surface area contributed by atoms with Crippen LogP contribution in [0.25, 0.3) is 21.2 Å². The van der Waals surface area contributed by atoms with Gasteiger partial charge in [0.1, 0.15) is 11.3 Å². The molecular formula is C16H19ClN6O2. The molecule has 0 aromatic carbocycles. The number of fused-ring (bicyclic) bond motifs is 1. The summed E-state index contributed by atoms with van der Waals surface area (Å²) in [6, 6.07) is 1.99. The molecule has 2 aromatic rings. The standard InChI is InChI=1S/C16H19ClN6O2/c1-9-13(7-19-9)25-15-11-5-20-14(17)4-10(11)12(6-21-15)16(2,8-24-3)22-23-18/h4-6,9,13,19H,7-8H2,1-3H3/t9-,13+,16+/m0/s1. The summed E-state index contributed by atoms with van der Waals surface area (Å²) >= 11 is 6.10. The molecular weight excluding hydrogens is 344 g/mol. The van der Waals surface area contributed by atoms with Gasteiger partial charge in [-0.3, -0.25) is 0 Å². The molecule has 0 spiro atoms. The molecule has 1 fully saturated rings. The predicted molar refractivity (Wildman–Crippen MR) is 94.8 cm³/mol. The maximum Gasteiger partial charge on any atom is 0.223 e. The van der Waals surface area contributed by atoms with Crippen LogP contribution in [0.1, 0.15) is 19.4 Å². The molecule has 3 atom stereocenters. The smallest absolute Gasteiger partial charge is 0.223 e. The zero-order valence-electron chi connectivity index (χ0n) is 14.2. The molecule has 1 N–H and O–H groups in total. The molecule has 0 unspecified atom stereocenters. The SMILES string of the molecule is COC[C@@](C)(N=[N+]=[N-])c1cnc(O[C@@H]2CN[C@H]2C)c2cnc(Cl)cc12. The summed E-state index contributed by atoms with van der Waals surface area (Å²) in [7, 11) is 1.55. The van der Waals surface area contributed by atoms with Crippen molar-refractivity contribution in [2.45, 2.75) is 31.5 Å². The summed E-state index contributed by atoms with van der Waals surface area (Å²) in [6.45, 7) is 4.82. The van der Waals surface area contributed by atoms with Gasteiger partial charge in [-0.1, -0.05) is 16.7 Å². The molecule has 9 heteroatoms. The van der Waals surface area contributed by atoms with Crippen LogP contribution in [-0.4, -0.2) is 42.4 Å². The van der Waals surface area contributed by atoms with Crippen LogP contribution in [0.4, 0.5) is 0 Å². The number of azide groups is 1. The van der Waals surface area contributed by atoms with E-state index in [1.807, 2.05) is 0 Å². The van der Waals surface area contributed by atoms with E-state index in [0.717, 1.165) is 17.3 Å². The van der Waals surface area contributed by atoms with Crippen molar-refractivity contribution >= 4 is 22.4 Å². The summed E-state index contributed by atoms with van der Waals surface area (Å²) in [5, 5.41) is 9.00. The number of rotatable bonds is 6. The van der Waals surface area contributed by atoms with Crippen molar-refractivity contribution in [3.8, 4) is 5.88 Å². The third-order valence-corrected chi connectivity index (χ3v) is 4.64. The lowest BCUT2D eigenvalue weighted by Crippen LogP contribution is -2.58. The Morgan fingerprint density at radius 2 is 2.24 bits per heavy atom. The highest BCUT2D eigenvalue weighted by Crippen LogP contribution is 2.36. The zero-order chi connectivity index (χ0) is 18.0. The van der Waals surface area contributed by atoms with Crippen LogP contribution >= 0.6 is 11.6 Å². The minimum absolute atomic E-state index is 0.0553. The monoisotopic (exact) mass is 362 g/mol. The quantitative estimate of drug-likeness (QED) is 0.367. The Labute approximate surface area is 150 Å². The average Bonchev–Trinajstić information content (AvgIpc) is 2.58. The third kappa shape index (κ3) is 3.34. The summed E-state index contributed by atoms with van der Waals surface area (Å²) in [5.74, 6) is 0.488. The molecule has 0 saturated carbocycles. The number of hydrogen-bond acceptors (Lipinski definition) is 6. The second-order valence-electron chi connectivity index (χ2n) is 6.28. The van der Waals surface area contributed by atoms with E-state index >= 15 is 0 Å². The van der Waals surface area contributed by atoms with Gasteiger partial charge in [0.15, 0.2) is 0 Å². The molecule has 1 aliphatic rings. The van der Waals surface area contributed by atoms with E-state index in [1.165, 1.54) is 0 Å². The van der Waals surface area contributed by atoms with E-state index in [0.29, 0.717) is 16.6 Å². The summed E-state index contributed by atoms with van der Waals surface area (Å²) in [6.07, 6.45) is 3.34. The highest BCUT2D eigenvalue weighted by molar-refractivity contribution is 6.30. The third-order valence-electron chi connectivity index (χ3n) is 4.43. The van der Waals surface area contributed by atoms with Gasteiger partial charge < -0.3 is 14.8 Å². The van der Waals surface area contributed by atoms with Gasteiger partial charge >= 0.3 is 0 Å². The highest BCUT2D eigenvalue weighted by Gasteiger charge is 2.32. The number of pyridine rings is 2. The summed E-state index contributed by atoms with van der Waals surface area (Å²) in [5.41, 5.74) is 8.75. The fraction of sp³-hybridized carbons (Fsp3) is 0.500. The predicted octanol–water partition coefficient (Wildman–Crippen LogP) is 3.19. The summed E-state index contributed by atoms with van der Waals surface area (Å²) < 4.78 is 11.3. The molecule has 3 rings (SSSR count). The van der Waals surface area contributed by atoms with E-state index in [4.69, 9.17) is 26.6 Å². The van der Waals surface area contributed by atoms with Crippen molar-refractivity contribution in [1.82, 2.24) is 15.3 Å². The van der Waals surface area contributed by atoms with E-state index in [-0.39, 0.29) is 18.8 Å². The molecule has 1 aliphatic heterocycles. The zero-order valence-corrected chi connectivity index (χ0v) is 15.0. The Balaban J connectivity index is 2.14. The van der Waals surface area contributed by atoms with Gasteiger partial charge in [0, 0.05) is 37.0 Å². The van der Waals surface area contributed by atoms with Gasteiger partial charge in [0.25, 0.3) is 0 Å². The number of nitrogens with zero attached hydrogens (tertiary/aromatic N) is 5. The normalized spacial score (nSPS) is 21.9. The van der Waals surface area contributed by atoms with Crippen molar-refractivity contribution in [3.63, 3.8) is 0 Å². The number of ether oxygens (including phenoxy) is 2. The Hall–Kier alpha value is -2.12. The van der Waals surface area contributed by atoms with Crippen molar-refractivity contribution < 1.29 is 9.47 Å². The van der Waals surface area contributed by atoms with Gasteiger partial charge in [0.05, 0.1) is 17.5 Å². The first-order valence-corrected chi connectivity index (χ1v) is 8.26. The average molecular weight is 363 g/mol. The number of hydrogen-bond donors (Lipinski definition) is 1. The highest BCUT2D eigenvalue weighted by atomic mass is 35.5. The largest absolute Gasteiger partial charge is 0.471 e. The first-order valence-electron chi connectivity index (χ1n) is 7.88. The second kappa shape index (κ2) is 7.01. The molecule has 0 bridgehead atoms. The van der Waals surface area contributed by atoms with Crippen LogP contribution in [0, 0.1) is 0 Å². The maximum atomic E-state index is 8.97. The van der Waals surface area contributed by atoms with Crippen molar-refractivity contribution in [3.05, 3.63) is 39.6 Å². The Bertz CT molecular complexity index is 841. The number of halogens is 1. The van der Waals surface area contributed by atoms with Crippen LogP contribution < -0.4 is 10.1 Å². The van der Waals surface area contributed by atoms with Gasteiger partial charge in [0.2, 0.25) is 5.88 Å². The minimum atomic E-state index is -0.927. The first-order chi connectivity index (χ1) is 12.0. The van der Waals surface area contributed by atoms with E-state index < -0.39 is 5.54 Å². The number of nitrogens with one attached hydrogen (secondary N) is 1. The summed E-state index contributed by atoms with van der Waals surface area (Å²) in [4.78, 5) is 11.6. The molecule has 0 amide bonds. The lowest BCUT2D eigenvalue weighted by atomic mass is 9.91. The second-order valence-corrected chi connectivity index (χ2v) is 6.67. The Morgan fingerprint density at radius 1 is 1.44 bits per heavy atom. The molecule has 3 heterocycles. The lowest BCUT2D eigenvalue weighted by molar-refractivity contribution is 0.0906. The molecule has 8 nitrogen and oxygen atoms in total. The molecule has 1 saturated heterocycles. The molecule has 0 radical (unpaired) electrons. The van der Waals surface area contributed by atoms with E-state index in [1.54, 1.807) is 32.5 Å². The molecule has 2 aromatic heterocycles. The van der Waals surface area contributed by atoms with Crippen molar-refractivity contribution in [1.29, 1.82) is 0 Å². The van der Waals surface area contributed by atoms with Gasteiger partial charge in [-0.2, -0.15) is 0 Å². The van der Waals surface area contributed by atoms with Crippen molar-refractivity contribution in [2.24, 2.45) is 5.11 Å². The van der Waals surface area contributed by atoms with Crippen LogP contribution in [0.2, 0.25) is 5.15 Å². The number of methoxy groups -OCH3 is 1. The van der Waals surface area contributed by atoms with Crippen molar-refractivity contribution in [2.75, 3.05) is 20.3 Å².